The summed E-state index contributed by atoms with van der Waals surface area (Å²) in [5.74, 6) is 0.614. The van der Waals surface area contributed by atoms with E-state index in [4.69, 9.17) is 32.8 Å². The number of benzene rings is 1. The molecule has 0 saturated heterocycles. The van der Waals surface area contributed by atoms with Gasteiger partial charge < -0.3 is 9.57 Å². The van der Waals surface area contributed by atoms with Crippen LogP contribution in [0, 0.1) is 0 Å². The molecule has 104 valence electrons. The van der Waals surface area contributed by atoms with Crippen molar-refractivity contribution in [3.63, 3.8) is 0 Å². The monoisotopic (exact) mass is 301 g/mol. The predicted molar refractivity (Wildman–Crippen MR) is 78.6 cm³/mol. The molecule has 19 heavy (non-hydrogen) atoms. The summed E-state index contributed by atoms with van der Waals surface area (Å²) in [7, 11) is 0. The lowest BCUT2D eigenvalue weighted by Gasteiger charge is -2.13. The highest BCUT2D eigenvalue weighted by Crippen LogP contribution is 2.33. The topological polar surface area (TPSA) is 30.8 Å². The lowest BCUT2D eigenvalue weighted by atomic mass is 9.98. The molecule has 0 aliphatic carbocycles. The number of nitrogens with zero attached hydrogens (tertiary/aromatic N) is 1. The van der Waals surface area contributed by atoms with Crippen molar-refractivity contribution >= 4 is 28.9 Å². The zero-order chi connectivity index (χ0) is 14.0. The Morgan fingerprint density at radius 3 is 2.63 bits per heavy atom. The van der Waals surface area contributed by atoms with E-state index in [2.05, 4.69) is 5.16 Å². The first kappa shape index (κ1) is 14.5. The minimum Gasteiger partial charge on any atom is -0.492 e. The fraction of sp³-hybridized carbons (Fsp3) is 0.500. The van der Waals surface area contributed by atoms with Crippen molar-refractivity contribution in [1.82, 2.24) is 0 Å². The van der Waals surface area contributed by atoms with Gasteiger partial charge in [0, 0.05) is 23.9 Å². The summed E-state index contributed by atoms with van der Waals surface area (Å²) in [4.78, 5) is 5.34. The minimum atomic E-state index is -0.225. The molecule has 0 aromatic heterocycles. The van der Waals surface area contributed by atoms with Crippen molar-refractivity contribution in [2.24, 2.45) is 5.16 Å². The Morgan fingerprint density at radius 1 is 1.32 bits per heavy atom. The van der Waals surface area contributed by atoms with Gasteiger partial charge in [-0.3, -0.25) is 0 Å². The molecule has 1 aromatic carbocycles. The highest BCUT2D eigenvalue weighted by atomic mass is 35.5. The zero-order valence-electron chi connectivity index (χ0n) is 11.3. The van der Waals surface area contributed by atoms with Crippen molar-refractivity contribution in [3.05, 3.63) is 27.7 Å². The summed E-state index contributed by atoms with van der Waals surface area (Å²) in [6.07, 6.45) is 1.45. The molecule has 0 unspecified atom stereocenters. The van der Waals surface area contributed by atoms with Crippen LogP contribution < -0.4 is 4.74 Å². The largest absolute Gasteiger partial charge is 0.492 e. The van der Waals surface area contributed by atoms with Crippen LogP contribution in [0.25, 0.3) is 0 Å². The molecule has 0 spiro atoms. The molecule has 0 saturated carbocycles. The molecule has 3 nitrogen and oxygen atoms in total. The molecule has 0 amide bonds. The number of oxime groups is 1. The molecular formula is C14H17Cl2NO2. The summed E-state index contributed by atoms with van der Waals surface area (Å²) in [5.41, 5.74) is 1.69. The Bertz CT molecular complexity index is 512. The van der Waals surface area contributed by atoms with E-state index in [1.54, 1.807) is 6.07 Å². The van der Waals surface area contributed by atoms with Crippen LogP contribution in [-0.2, 0) is 11.3 Å². The van der Waals surface area contributed by atoms with Gasteiger partial charge in [0.05, 0.1) is 17.3 Å². The Hall–Kier alpha value is -0.930. The average Bonchev–Trinajstić information content (AvgIpc) is 2.65. The van der Waals surface area contributed by atoms with Gasteiger partial charge >= 0.3 is 0 Å². The second-order valence-corrected chi connectivity index (χ2v) is 5.98. The van der Waals surface area contributed by atoms with Gasteiger partial charge in [-0.05, 0) is 32.4 Å². The molecule has 0 bridgehead atoms. The van der Waals surface area contributed by atoms with Gasteiger partial charge in [0.15, 0.2) is 0 Å². The first-order valence-electron chi connectivity index (χ1n) is 6.26. The van der Waals surface area contributed by atoms with Crippen LogP contribution in [-0.4, -0.2) is 17.9 Å². The molecule has 2 rings (SSSR count). The molecule has 5 heteroatoms. The van der Waals surface area contributed by atoms with E-state index in [0.29, 0.717) is 28.8 Å². The minimum absolute atomic E-state index is 0.225. The molecule has 0 N–H and O–H groups in total. The molecule has 1 heterocycles. The zero-order valence-corrected chi connectivity index (χ0v) is 12.8. The van der Waals surface area contributed by atoms with Crippen LogP contribution in [0.15, 0.2) is 17.3 Å². The SMILES string of the molecule is CCOc1cc(Cl)c(CC2=NOC(C)(C)C2)cc1Cl. The smallest absolute Gasteiger partial charge is 0.139 e. The van der Waals surface area contributed by atoms with Crippen molar-refractivity contribution in [1.29, 1.82) is 0 Å². The van der Waals surface area contributed by atoms with E-state index in [-0.39, 0.29) is 5.60 Å². The first-order chi connectivity index (χ1) is 8.91. The van der Waals surface area contributed by atoms with Crippen molar-refractivity contribution < 1.29 is 9.57 Å². The van der Waals surface area contributed by atoms with E-state index >= 15 is 0 Å². The second kappa shape index (κ2) is 5.59. The third-order valence-corrected chi connectivity index (χ3v) is 3.49. The standard InChI is InChI=1S/C14H17Cl2NO2/c1-4-18-13-7-11(15)9(6-12(13)16)5-10-8-14(2,3)19-17-10/h6-7H,4-5,8H2,1-3H3. The lowest BCUT2D eigenvalue weighted by molar-refractivity contribution is 0.0123. The third kappa shape index (κ3) is 3.54. The Kier molecular flexibility index (Phi) is 4.26. The summed E-state index contributed by atoms with van der Waals surface area (Å²) in [5, 5.41) is 5.31. The molecule has 1 aromatic rings. The normalized spacial score (nSPS) is 17.0. The maximum absolute atomic E-state index is 6.25. The van der Waals surface area contributed by atoms with Crippen molar-refractivity contribution in [3.8, 4) is 5.75 Å². The number of hydrogen-bond acceptors (Lipinski definition) is 3. The van der Waals surface area contributed by atoms with Crippen LogP contribution in [0.5, 0.6) is 5.75 Å². The Labute approximate surface area is 123 Å². The molecule has 1 aliphatic rings. The van der Waals surface area contributed by atoms with Crippen molar-refractivity contribution in [2.45, 2.75) is 39.2 Å². The summed E-state index contributed by atoms with van der Waals surface area (Å²) in [6, 6.07) is 3.59. The van der Waals surface area contributed by atoms with Gasteiger partial charge in [-0.2, -0.15) is 0 Å². The Morgan fingerprint density at radius 2 is 2.05 bits per heavy atom. The second-order valence-electron chi connectivity index (χ2n) is 5.17. The van der Waals surface area contributed by atoms with Crippen LogP contribution >= 0.6 is 23.2 Å². The van der Waals surface area contributed by atoms with Crippen LogP contribution in [0.3, 0.4) is 0 Å². The maximum atomic E-state index is 6.25. The summed E-state index contributed by atoms with van der Waals surface area (Å²) >= 11 is 12.4. The van der Waals surface area contributed by atoms with Gasteiger partial charge in [-0.1, -0.05) is 28.4 Å². The van der Waals surface area contributed by atoms with E-state index < -0.39 is 0 Å². The van der Waals surface area contributed by atoms with Crippen LogP contribution in [0.2, 0.25) is 10.0 Å². The first-order valence-corrected chi connectivity index (χ1v) is 7.01. The summed E-state index contributed by atoms with van der Waals surface area (Å²) in [6.45, 7) is 6.49. The van der Waals surface area contributed by atoms with Gasteiger partial charge in [0.25, 0.3) is 0 Å². The van der Waals surface area contributed by atoms with Crippen molar-refractivity contribution in [2.75, 3.05) is 6.61 Å². The van der Waals surface area contributed by atoms with Crippen LogP contribution in [0.1, 0.15) is 32.8 Å². The number of halogens is 2. The van der Waals surface area contributed by atoms with E-state index in [0.717, 1.165) is 17.7 Å². The number of rotatable bonds is 4. The maximum Gasteiger partial charge on any atom is 0.139 e. The highest BCUT2D eigenvalue weighted by molar-refractivity contribution is 6.35. The van der Waals surface area contributed by atoms with Gasteiger partial charge in [-0.15, -0.1) is 0 Å². The van der Waals surface area contributed by atoms with E-state index in [1.165, 1.54) is 0 Å². The van der Waals surface area contributed by atoms with Gasteiger partial charge in [-0.25, -0.2) is 0 Å². The van der Waals surface area contributed by atoms with E-state index in [1.807, 2.05) is 26.8 Å². The fourth-order valence-electron chi connectivity index (χ4n) is 2.03. The predicted octanol–water partition coefficient (Wildman–Crippen LogP) is 4.49. The number of hydrogen-bond donors (Lipinski definition) is 0. The molecular weight excluding hydrogens is 285 g/mol. The molecule has 0 fully saturated rings. The summed E-state index contributed by atoms with van der Waals surface area (Å²) < 4.78 is 5.40. The average molecular weight is 302 g/mol. The lowest BCUT2D eigenvalue weighted by Crippen LogP contribution is -2.19. The van der Waals surface area contributed by atoms with E-state index in [9.17, 15) is 0 Å². The molecule has 1 aliphatic heterocycles. The quantitative estimate of drug-likeness (QED) is 0.820. The van der Waals surface area contributed by atoms with Crippen LogP contribution in [0.4, 0.5) is 0 Å². The fourth-order valence-corrected chi connectivity index (χ4v) is 2.49. The Balaban J connectivity index is 2.16. The van der Waals surface area contributed by atoms with Gasteiger partial charge in [0.2, 0.25) is 0 Å². The third-order valence-electron chi connectivity index (χ3n) is 2.85. The highest BCUT2D eigenvalue weighted by Gasteiger charge is 2.29. The van der Waals surface area contributed by atoms with Gasteiger partial charge in [0.1, 0.15) is 11.4 Å². The number of ether oxygens (including phenoxy) is 1. The molecule has 0 atom stereocenters. The molecule has 0 radical (unpaired) electrons.